The largest absolute Gasteiger partial charge is 0.457 e. The van der Waals surface area contributed by atoms with Crippen LogP contribution in [0.15, 0.2) is 329 Å². The van der Waals surface area contributed by atoms with Crippen LogP contribution in [0.5, 0.6) is 23.0 Å². The topological polar surface area (TPSA) is 24.9 Å². The van der Waals surface area contributed by atoms with E-state index in [1.54, 1.807) is 60.7 Å². The maximum atomic E-state index is 16.3. The van der Waals surface area contributed by atoms with Gasteiger partial charge in [-0.2, -0.15) is 0 Å². The van der Waals surface area contributed by atoms with Crippen molar-refractivity contribution in [3.8, 4) is 45.3 Å². The smallest absolute Gasteiger partial charge is 0.127 e. The van der Waals surface area contributed by atoms with Crippen LogP contribution in [-0.4, -0.2) is 0 Å². The first-order chi connectivity index (χ1) is 51.9. The Morgan fingerprint density at radius 2 is 0.598 bits per heavy atom. The van der Waals surface area contributed by atoms with Gasteiger partial charge in [-0.3, -0.25) is 0 Å². The van der Waals surface area contributed by atoms with E-state index in [0.717, 1.165) is 113 Å². The van der Waals surface area contributed by atoms with Gasteiger partial charge in [-0.15, -0.1) is 0 Å². The summed E-state index contributed by atoms with van der Waals surface area (Å²) in [5.74, 6) is 1.18. The predicted molar refractivity (Wildman–Crippen MR) is 426 cm³/mol. The van der Waals surface area contributed by atoms with E-state index in [-0.39, 0.29) is 34.1 Å². The molecular weight excluding hydrogens is 1330 g/mol. The Morgan fingerprint density at radius 3 is 0.963 bits per heavy atom. The van der Waals surface area contributed by atoms with Crippen molar-refractivity contribution in [3.63, 3.8) is 0 Å². The summed E-state index contributed by atoms with van der Waals surface area (Å²) < 4.78 is 77.7. The number of rotatable bonds is 16. The van der Waals surface area contributed by atoms with Gasteiger partial charge in [0, 0.05) is 39.5 Å². The third-order valence-corrected chi connectivity index (χ3v) is 23.0. The summed E-state index contributed by atoms with van der Waals surface area (Å²) in [6.07, 6.45) is 5.17. The zero-order valence-electron chi connectivity index (χ0n) is 59.7. The quantitative estimate of drug-likeness (QED) is 0.0900. The first-order valence-corrected chi connectivity index (χ1v) is 36.4. The van der Waals surface area contributed by atoms with Crippen LogP contribution in [0, 0.1) is 23.3 Å². The molecule has 2 atom stereocenters. The molecule has 8 heteroatoms. The SMILES string of the molecule is C=Cc1ccc(Oc2ccc(C3(c4cccc(F)c4)c4ccccc4-c4ccc(N(c5cccc(F)c5)c5ccc6c(c5)C5(CC6(C)C)CC(C)(C)c6ccc(N(c7cccc(F)c7)c7ccc8c(c7)C(c7ccc(Oc9ccc(C=C)cc9)cc7)(c7cccc(F)c7)c7ccccc7-8)cc65)cc43)cc2)cc1. The third kappa shape index (κ3) is 10.8. The van der Waals surface area contributed by atoms with E-state index in [0.29, 0.717) is 34.4 Å². The maximum Gasteiger partial charge on any atom is 0.127 e. The average molecular weight is 1400 g/mol. The molecule has 14 aromatic rings. The number of hydrogen-bond donors (Lipinski definition) is 0. The molecule has 0 amide bonds. The number of halogens is 4. The minimum atomic E-state index is -1.03. The summed E-state index contributed by atoms with van der Waals surface area (Å²) in [6.45, 7) is 17.2. The second-order valence-electron chi connectivity index (χ2n) is 30.2. The first kappa shape index (κ1) is 66.4. The molecule has 0 saturated carbocycles. The molecule has 0 saturated heterocycles. The fourth-order valence-corrected chi connectivity index (χ4v) is 18.7. The second kappa shape index (κ2) is 25.4. The number of hydrogen-bond acceptors (Lipinski definition) is 4. The van der Waals surface area contributed by atoms with Crippen LogP contribution < -0.4 is 19.3 Å². The van der Waals surface area contributed by atoms with Crippen LogP contribution in [0.2, 0.25) is 0 Å². The molecular formula is C99H74F4N2O2. The number of benzene rings is 14. The summed E-state index contributed by atoms with van der Waals surface area (Å²) in [5, 5.41) is 0. The third-order valence-electron chi connectivity index (χ3n) is 23.0. The Balaban J connectivity index is 0.789. The van der Waals surface area contributed by atoms with Gasteiger partial charge in [0.15, 0.2) is 0 Å². The fourth-order valence-electron chi connectivity index (χ4n) is 18.7. The molecule has 0 aromatic heterocycles. The number of anilines is 6. The van der Waals surface area contributed by atoms with E-state index in [9.17, 15) is 0 Å². The average Bonchev–Trinajstić information content (AvgIpc) is 1.54. The lowest BCUT2D eigenvalue weighted by Gasteiger charge is -2.35. The van der Waals surface area contributed by atoms with Gasteiger partial charge in [-0.05, 0) is 282 Å². The van der Waals surface area contributed by atoms with Crippen LogP contribution in [0.1, 0.15) is 118 Å². The summed E-state index contributed by atoms with van der Waals surface area (Å²) in [4.78, 5) is 4.34. The molecule has 107 heavy (non-hydrogen) atoms. The lowest BCUT2D eigenvalue weighted by molar-refractivity contribution is 0.349. The molecule has 0 heterocycles. The van der Waals surface area contributed by atoms with Crippen molar-refractivity contribution in [1.82, 2.24) is 0 Å². The van der Waals surface area contributed by atoms with E-state index in [4.69, 9.17) is 9.47 Å². The van der Waals surface area contributed by atoms with Gasteiger partial charge >= 0.3 is 0 Å². The van der Waals surface area contributed by atoms with E-state index in [1.165, 1.54) is 46.5 Å². The van der Waals surface area contributed by atoms with Crippen LogP contribution in [0.25, 0.3) is 34.4 Å². The molecule has 4 aliphatic rings. The molecule has 0 N–H and O–H groups in total. The van der Waals surface area contributed by atoms with Gasteiger partial charge in [-0.1, -0.05) is 211 Å². The van der Waals surface area contributed by atoms with Crippen LogP contribution >= 0.6 is 0 Å². The maximum absolute atomic E-state index is 16.3. The van der Waals surface area contributed by atoms with E-state index in [2.05, 4.69) is 184 Å². The molecule has 14 aromatic carbocycles. The summed E-state index contributed by atoms with van der Waals surface area (Å²) >= 11 is 0. The fraction of sp³-hybridized carbons (Fsp3) is 0.111. The lowest BCUT2D eigenvalue weighted by atomic mass is 9.67. The van der Waals surface area contributed by atoms with Crippen LogP contribution in [-0.2, 0) is 27.1 Å². The van der Waals surface area contributed by atoms with Crippen molar-refractivity contribution >= 4 is 46.3 Å². The van der Waals surface area contributed by atoms with Gasteiger partial charge in [0.1, 0.15) is 46.3 Å². The highest BCUT2D eigenvalue weighted by Gasteiger charge is 2.57. The highest BCUT2D eigenvalue weighted by Crippen LogP contribution is 2.66. The molecule has 520 valence electrons. The zero-order chi connectivity index (χ0) is 73.1. The molecule has 4 nitrogen and oxygen atoms in total. The number of nitrogens with zero attached hydrogens (tertiary/aromatic N) is 2. The summed E-state index contributed by atoms with van der Waals surface area (Å²) in [5.41, 5.74) is 19.3. The van der Waals surface area contributed by atoms with Gasteiger partial charge in [0.05, 0.1) is 10.8 Å². The Hall–Kier alpha value is -12.5. The van der Waals surface area contributed by atoms with Gasteiger partial charge in [0.2, 0.25) is 0 Å². The minimum absolute atomic E-state index is 0.315. The molecule has 0 fully saturated rings. The Labute approximate surface area is 622 Å². The molecule has 18 rings (SSSR count). The Bertz CT molecular complexity index is 5540. The van der Waals surface area contributed by atoms with Crippen molar-refractivity contribution in [1.29, 1.82) is 0 Å². The van der Waals surface area contributed by atoms with Crippen molar-refractivity contribution in [2.24, 2.45) is 0 Å². The minimum Gasteiger partial charge on any atom is -0.457 e. The normalized spacial score (nSPS) is 17.8. The number of fused-ring (bicyclic) bond motifs is 10. The van der Waals surface area contributed by atoms with Crippen molar-refractivity contribution in [2.75, 3.05) is 9.80 Å². The molecule has 0 bridgehead atoms. The van der Waals surface area contributed by atoms with E-state index < -0.39 is 16.2 Å². The van der Waals surface area contributed by atoms with Crippen LogP contribution in [0.3, 0.4) is 0 Å². The second-order valence-corrected chi connectivity index (χ2v) is 30.2. The van der Waals surface area contributed by atoms with Gasteiger partial charge in [-0.25, -0.2) is 17.6 Å². The summed E-state index contributed by atoms with van der Waals surface area (Å²) in [7, 11) is 0. The van der Waals surface area contributed by atoms with Crippen molar-refractivity contribution in [3.05, 3.63) is 430 Å². The highest BCUT2D eigenvalue weighted by atomic mass is 19.1. The standard InChI is InChI=1S/C99H74F4N2O2/c1-7-63-29-41-79(42-30-63)106-81-45-33-65(34-46-81)98(67-17-13-19-69(100)53-67)87-27-11-9-25-83(87)85-49-37-75(57-91(85)98)104(73-23-15-21-71(102)55-73)77-39-51-89-93(59-77)97(61-95(89,3)4)62-96(5,6)90-52-40-78(60-94(90)97)105(74-24-16-22-72(103)56-74)76-38-50-86-84-26-10-12-28-88(84)99(92(86)58-76,68-18-14-20-70(101)54-68)66-35-47-82(48-36-66)107-80-43-31-64(8-2)32-44-80/h7-60H,1-2,61-62H2,3-6H3. The summed E-state index contributed by atoms with van der Waals surface area (Å²) in [6, 6.07) is 103. The molecule has 0 radical (unpaired) electrons. The monoisotopic (exact) mass is 1400 g/mol. The molecule has 0 aliphatic heterocycles. The molecule has 4 aliphatic carbocycles. The number of ether oxygens (including phenoxy) is 2. The van der Waals surface area contributed by atoms with Crippen molar-refractivity contribution < 1.29 is 27.0 Å². The van der Waals surface area contributed by atoms with E-state index >= 15 is 17.6 Å². The van der Waals surface area contributed by atoms with Gasteiger partial charge < -0.3 is 19.3 Å². The zero-order valence-corrected chi connectivity index (χ0v) is 59.7. The lowest BCUT2D eigenvalue weighted by Crippen LogP contribution is -2.29. The molecule has 2 unspecified atom stereocenters. The first-order valence-electron chi connectivity index (χ1n) is 36.4. The Morgan fingerprint density at radius 1 is 0.280 bits per heavy atom. The highest BCUT2D eigenvalue weighted by molar-refractivity contribution is 5.92. The Kier molecular flexibility index (Phi) is 15.8. The molecule has 1 spiro atoms. The van der Waals surface area contributed by atoms with Crippen LogP contribution in [0.4, 0.5) is 51.7 Å². The van der Waals surface area contributed by atoms with Crippen molar-refractivity contribution in [2.45, 2.75) is 67.6 Å². The van der Waals surface area contributed by atoms with E-state index in [1.807, 2.05) is 109 Å². The predicted octanol–water partition coefficient (Wildman–Crippen LogP) is 26.4. The van der Waals surface area contributed by atoms with Gasteiger partial charge in [0.25, 0.3) is 0 Å².